The van der Waals surface area contributed by atoms with Crippen LogP contribution in [0.25, 0.3) is 6.08 Å². The van der Waals surface area contributed by atoms with Gasteiger partial charge in [-0.05, 0) is 37.3 Å². The van der Waals surface area contributed by atoms with Crippen LogP contribution in [0.5, 0.6) is 5.75 Å². The molecule has 96 valence electrons. The molecule has 0 N–H and O–H groups in total. The molecule has 0 heterocycles. The summed E-state index contributed by atoms with van der Waals surface area (Å²) in [6.45, 7) is 2.06. The highest BCUT2D eigenvalue weighted by Crippen LogP contribution is 2.18. The Labute approximate surface area is 114 Å². The van der Waals surface area contributed by atoms with Crippen molar-refractivity contribution in [3.8, 4) is 5.75 Å². The number of hydrogen-bond donors (Lipinski definition) is 0. The second-order valence-corrected chi connectivity index (χ2v) is 4.21. The average molecular weight is 251 g/mol. The highest BCUT2D eigenvalue weighted by molar-refractivity contribution is 5.81. The van der Waals surface area contributed by atoms with Gasteiger partial charge in [-0.25, -0.2) is 0 Å². The quantitative estimate of drug-likeness (QED) is 0.737. The van der Waals surface area contributed by atoms with E-state index in [1.165, 1.54) is 5.56 Å². The predicted molar refractivity (Wildman–Crippen MR) is 81.4 cm³/mol. The van der Waals surface area contributed by atoms with Crippen molar-refractivity contribution in [2.75, 3.05) is 7.11 Å². The van der Waals surface area contributed by atoms with E-state index in [0.29, 0.717) is 0 Å². The van der Waals surface area contributed by atoms with Crippen molar-refractivity contribution in [3.63, 3.8) is 0 Å². The maximum Gasteiger partial charge on any atom is 0.126 e. The minimum absolute atomic E-state index is 0.863. The molecule has 0 amide bonds. The third kappa shape index (κ3) is 3.81. The SMILES string of the molecule is COc1ccccc1/C=C/C=Nc1ccc(C)cc1. The first-order valence-corrected chi connectivity index (χ1v) is 6.20. The van der Waals surface area contributed by atoms with Gasteiger partial charge in [0, 0.05) is 11.8 Å². The lowest BCUT2D eigenvalue weighted by atomic mass is 10.2. The fourth-order valence-electron chi connectivity index (χ4n) is 1.71. The summed E-state index contributed by atoms with van der Waals surface area (Å²) in [4.78, 5) is 4.37. The molecule has 0 unspecified atom stereocenters. The Morgan fingerprint density at radius 1 is 1.00 bits per heavy atom. The van der Waals surface area contributed by atoms with Gasteiger partial charge in [-0.15, -0.1) is 0 Å². The summed E-state index contributed by atoms with van der Waals surface area (Å²) in [5.41, 5.74) is 3.24. The predicted octanol–water partition coefficient (Wildman–Crippen LogP) is 4.42. The van der Waals surface area contributed by atoms with E-state index in [1.54, 1.807) is 13.3 Å². The van der Waals surface area contributed by atoms with Crippen molar-refractivity contribution >= 4 is 18.0 Å². The second kappa shape index (κ2) is 6.55. The third-order valence-corrected chi connectivity index (χ3v) is 2.76. The zero-order valence-corrected chi connectivity index (χ0v) is 11.2. The van der Waals surface area contributed by atoms with E-state index in [0.717, 1.165) is 17.0 Å². The standard InChI is InChI=1S/C17H17NO/c1-14-9-11-16(12-10-14)18-13-5-7-15-6-3-4-8-17(15)19-2/h3-13H,1-2H3/b7-5+,18-13?. The molecule has 0 bridgehead atoms. The van der Waals surface area contributed by atoms with Crippen molar-refractivity contribution in [2.24, 2.45) is 4.99 Å². The molecular weight excluding hydrogens is 234 g/mol. The molecule has 0 saturated carbocycles. The summed E-state index contributed by atoms with van der Waals surface area (Å²) in [6, 6.07) is 16.0. The Hall–Kier alpha value is -2.35. The third-order valence-electron chi connectivity index (χ3n) is 2.76. The lowest BCUT2D eigenvalue weighted by Gasteiger charge is -2.02. The van der Waals surface area contributed by atoms with Crippen LogP contribution in [-0.4, -0.2) is 13.3 Å². The molecule has 2 aromatic rings. The summed E-state index contributed by atoms with van der Waals surface area (Å²) in [5.74, 6) is 0.863. The highest BCUT2D eigenvalue weighted by Gasteiger charge is 1.95. The molecule has 19 heavy (non-hydrogen) atoms. The maximum absolute atomic E-state index is 5.28. The normalized spacial score (nSPS) is 11.3. The number of aryl methyl sites for hydroxylation is 1. The molecule has 0 atom stereocenters. The molecule has 2 aromatic carbocycles. The van der Waals surface area contributed by atoms with Crippen molar-refractivity contribution in [2.45, 2.75) is 6.92 Å². The van der Waals surface area contributed by atoms with Crippen molar-refractivity contribution in [3.05, 3.63) is 65.7 Å². The van der Waals surface area contributed by atoms with Gasteiger partial charge in [-0.2, -0.15) is 0 Å². The Kier molecular flexibility index (Phi) is 4.51. The Balaban J connectivity index is 2.05. The summed E-state index contributed by atoms with van der Waals surface area (Å²) in [5, 5.41) is 0. The molecule has 0 saturated heterocycles. The molecule has 0 aliphatic heterocycles. The molecule has 2 nitrogen and oxygen atoms in total. The molecule has 0 fully saturated rings. The molecule has 2 heteroatoms. The van der Waals surface area contributed by atoms with Crippen LogP contribution in [0.4, 0.5) is 5.69 Å². The number of benzene rings is 2. The van der Waals surface area contributed by atoms with Gasteiger partial charge in [0.1, 0.15) is 5.75 Å². The van der Waals surface area contributed by atoms with Crippen LogP contribution in [0.1, 0.15) is 11.1 Å². The first-order chi connectivity index (χ1) is 9.29. The second-order valence-electron chi connectivity index (χ2n) is 4.21. The Morgan fingerprint density at radius 3 is 2.47 bits per heavy atom. The smallest absolute Gasteiger partial charge is 0.126 e. The number of para-hydroxylation sites is 1. The van der Waals surface area contributed by atoms with E-state index in [2.05, 4.69) is 24.0 Å². The van der Waals surface area contributed by atoms with Gasteiger partial charge in [0.25, 0.3) is 0 Å². The summed E-state index contributed by atoms with van der Waals surface area (Å²) >= 11 is 0. The number of aliphatic imine (C=N–C) groups is 1. The molecule has 0 spiro atoms. The van der Waals surface area contributed by atoms with Gasteiger partial charge >= 0.3 is 0 Å². The highest BCUT2D eigenvalue weighted by atomic mass is 16.5. The van der Waals surface area contributed by atoms with Crippen LogP contribution in [-0.2, 0) is 0 Å². The molecule has 0 aliphatic rings. The zero-order chi connectivity index (χ0) is 13.5. The topological polar surface area (TPSA) is 21.6 Å². The number of methoxy groups -OCH3 is 1. The number of ether oxygens (including phenoxy) is 1. The monoisotopic (exact) mass is 251 g/mol. The maximum atomic E-state index is 5.28. The van der Waals surface area contributed by atoms with Crippen LogP contribution in [0, 0.1) is 6.92 Å². The lowest BCUT2D eigenvalue weighted by Crippen LogP contribution is -1.85. The van der Waals surface area contributed by atoms with E-state index in [4.69, 9.17) is 4.74 Å². The van der Waals surface area contributed by atoms with E-state index < -0.39 is 0 Å². The zero-order valence-electron chi connectivity index (χ0n) is 11.2. The number of rotatable bonds is 4. The van der Waals surface area contributed by atoms with Crippen molar-refractivity contribution in [1.29, 1.82) is 0 Å². The van der Waals surface area contributed by atoms with Gasteiger partial charge in [-0.1, -0.05) is 35.9 Å². The number of allylic oxidation sites excluding steroid dienone is 1. The molecule has 0 aliphatic carbocycles. The molecule has 0 radical (unpaired) electrons. The van der Waals surface area contributed by atoms with Gasteiger partial charge in [-0.3, -0.25) is 4.99 Å². The van der Waals surface area contributed by atoms with E-state index >= 15 is 0 Å². The van der Waals surface area contributed by atoms with E-state index in [9.17, 15) is 0 Å². The van der Waals surface area contributed by atoms with Gasteiger partial charge in [0.05, 0.1) is 12.8 Å². The average Bonchev–Trinajstić information content (AvgIpc) is 2.46. The number of nitrogens with zero attached hydrogens (tertiary/aromatic N) is 1. The Morgan fingerprint density at radius 2 is 1.74 bits per heavy atom. The summed E-state index contributed by atoms with van der Waals surface area (Å²) < 4.78 is 5.28. The fourth-order valence-corrected chi connectivity index (χ4v) is 1.71. The van der Waals surface area contributed by atoms with Crippen LogP contribution in [0.2, 0.25) is 0 Å². The molecule has 0 aromatic heterocycles. The number of hydrogen-bond acceptors (Lipinski definition) is 2. The van der Waals surface area contributed by atoms with E-state index in [1.807, 2.05) is 48.6 Å². The van der Waals surface area contributed by atoms with Crippen LogP contribution >= 0.6 is 0 Å². The van der Waals surface area contributed by atoms with Crippen LogP contribution in [0.15, 0.2) is 59.6 Å². The Bertz CT molecular complexity index is 582. The van der Waals surface area contributed by atoms with Crippen LogP contribution < -0.4 is 4.74 Å². The molecular formula is C17H17NO. The molecule has 2 rings (SSSR count). The minimum atomic E-state index is 0.863. The van der Waals surface area contributed by atoms with Crippen molar-refractivity contribution in [1.82, 2.24) is 0 Å². The lowest BCUT2D eigenvalue weighted by molar-refractivity contribution is 0.414. The fraction of sp³-hybridized carbons (Fsp3) is 0.118. The summed E-state index contributed by atoms with van der Waals surface area (Å²) in [6.07, 6.45) is 5.69. The van der Waals surface area contributed by atoms with Crippen molar-refractivity contribution < 1.29 is 4.74 Å². The minimum Gasteiger partial charge on any atom is -0.496 e. The van der Waals surface area contributed by atoms with Gasteiger partial charge in [0.15, 0.2) is 0 Å². The largest absolute Gasteiger partial charge is 0.496 e. The summed E-state index contributed by atoms with van der Waals surface area (Å²) in [7, 11) is 1.67. The first kappa shape index (κ1) is 13.1. The van der Waals surface area contributed by atoms with Crippen LogP contribution in [0.3, 0.4) is 0 Å². The van der Waals surface area contributed by atoms with E-state index in [-0.39, 0.29) is 0 Å². The van der Waals surface area contributed by atoms with Gasteiger partial charge in [0.2, 0.25) is 0 Å². The van der Waals surface area contributed by atoms with Gasteiger partial charge < -0.3 is 4.74 Å². The first-order valence-electron chi connectivity index (χ1n) is 6.20.